The fourth-order valence-corrected chi connectivity index (χ4v) is 3.54. The molecule has 0 unspecified atom stereocenters. The Bertz CT molecular complexity index is 819. The number of nitrogens with zero attached hydrogens (tertiary/aromatic N) is 1. The number of nitrogens with one attached hydrogen (secondary N) is 1. The summed E-state index contributed by atoms with van der Waals surface area (Å²) in [5.41, 5.74) is 1.48. The molecule has 0 fully saturated rings. The molecule has 1 amide bonds. The summed E-state index contributed by atoms with van der Waals surface area (Å²) >= 11 is 0. The largest absolute Gasteiger partial charge is 0.350 e. The minimum absolute atomic E-state index is 0.173. The number of rotatable bonds is 8. The van der Waals surface area contributed by atoms with Crippen LogP contribution >= 0.6 is 0 Å². The Morgan fingerprint density at radius 1 is 0.962 bits per heavy atom. The van der Waals surface area contributed by atoms with Crippen LogP contribution in [0.2, 0.25) is 0 Å². The SMILES string of the molecule is CC(C)(Cc1ccccc1)NC(=O)CN(Cc1ccccc1)S(C)(=O)=O. The lowest BCUT2D eigenvalue weighted by atomic mass is 9.95. The van der Waals surface area contributed by atoms with Crippen molar-refractivity contribution >= 4 is 15.9 Å². The maximum Gasteiger partial charge on any atom is 0.235 e. The van der Waals surface area contributed by atoms with Crippen LogP contribution in [-0.4, -0.2) is 37.0 Å². The van der Waals surface area contributed by atoms with Gasteiger partial charge in [0.1, 0.15) is 0 Å². The number of carbonyl (C=O) groups is 1. The van der Waals surface area contributed by atoms with Crippen molar-refractivity contribution in [1.82, 2.24) is 9.62 Å². The molecule has 0 saturated carbocycles. The fourth-order valence-electron chi connectivity index (χ4n) is 2.80. The Kier molecular flexibility index (Phi) is 6.56. The zero-order valence-electron chi connectivity index (χ0n) is 15.5. The Hall–Kier alpha value is -2.18. The molecular formula is C20H26N2O3S. The van der Waals surface area contributed by atoms with Crippen LogP contribution in [0.1, 0.15) is 25.0 Å². The second-order valence-electron chi connectivity index (χ2n) is 7.11. The van der Waals surface area contributed by atoms with E-state index in [0.717, 1.165) is 17.4 Å². The van der Waals surface area contributed by atoms with Crippen LogP contribution in [0.25, 0.3) is 0 Å². The van der Waals surface area contributed by atoms with Crippen molar-refractivity contribution in [3.05, 3.63) is 71.8 Å². The molecule has 0 aromatic heterocycles. The number of sulfonamides is 1. The van der Waals surface area contributed by atoms with Crippen LogP contribution in [0.4, 0.5) is 0 Å². The summed E-state index contributed by atoms with van der Waals surface area (Å²) in [6.07, 6.45) is 1.79. The molecule has 0 atom stereocenters. The van der Waals surface area contributed by atoms with Crippen molar-refractivity contribution in [3.63, 3.8) is 0 Å². The Morgan fingerprint density at radius 2 is 1.46 bits per heavy atom. The predicted octanol–water partition coefficient (Wildman–Crippen LogP) is 2.59. The predicted molar refractivity (Wildman–Crippen MR) is 104 cm³/mol. The smallest absolute Gasteiger partial charge is 0.235 e. The molecule has 2 aromatic carbocycles. The maximum atomic E-state index is 12.5. The summed E-state index contributed by atoms with van der Waals surface area (Å²) in [5, 5.41) is 2.95. The lowest BCUT2D eigenvalue weighted by Crippen LogP contribution is -2.49. The molecule has 1 N–H and O–H groups in total. The minimum Gasteiger partial charge on any atom is -0.350 e. The molecule has 26 heavy (non-hydrogen) atoms. The van der Waals surface area contributed by atoms with E-state index in [2.05, 4.69) is 5.32 Å². The van der Waals surface area contributed by atoms with E-state index in [0.29, 0.717) is 6.42 Å². The third-order valence-electron chi connectivity index (χ3n) is 3.96. The van der Waals surface area contributed by atoms with Gasteiger partial charge in [0.2, 0.25) is 15.9 Å². The van der Waals surface area contributed by atoms with Crippen LogP contribution in [0.3, 0.4) is 0 Å². The van der Waals surface area contributed by atoms with Crippen molar-refractivity contribution in [3.8, 4) is 0 Å². The number of hydrogen-bond donors (Lipinski definition) is 1. The topological polar surface area (TPSA) is 66.5 Å². The van der Waals surface area contributed by atoms with Gasteiger partial charge < -0.3 is 5.32 Å². The van der Waals surface area contributed by atoms with Crippen molar-refractivity contribution in [1.29, 1.82) is 0 Å². The van der Waals surface area contributed by atoms with Crippen LogP contribution in [-0.2, 0) is 27.8 Å². The summed E-state index contributed by atoms with van der Waals surface area (Å²) < 4.78 is 25.3. The van der Waals surface area contributed by atoms with E-state index >= 15 is 0 Å². The van der Waals surface area contributed by atoms with Crippen molar-refractivity contribution in [2.75, 3.05) is 12.8 Å². The third kappa shape index (κ3) is 6.61. The lowest BCUT2D eigenvalue weighted by molar-refractivity contribution is -0.122. The second kappa shape index (κ2) is 8.47. The van der Waals surface area contributed by atoms with Crippen molar-refractivity contribution in [2.24, 2.45) is 0 Å². The first-order chi connectivity index (χ1) is 12.2. The summed E-state index contributed by atoms with van der Waals surface area (Å²) in [6.45, 7) is 3.83. The van der Waals surface area contributed by atoms with E-state index in [1.54, 1.807) is 0 Å². The zero-order valence-corrected chi connectivity index (χ0v) is 16.3. The molecule has 2 aromatic rings. The van der Waals surface area contributed by atoms with Gasteiger partial charge in [-0.15, -0.1) is 0 Å². The first kappa shape index (κ1) is 20.1. The van der Waals surface area contributed by atoms with Gasteiger partial charge in [0.05, 0.1) is 12.8 Å². The fraction of sp³-hybridized carbons (Fsp3) is 0.350. The number of benzene rings is 2. The normalized spacial score (nSPS) is 12.2. The van der Waals surface area contributed by atoms with Gasteiger partial charge in [0.25, 0.3) is 0 Å². The molecule has 2 rings (SSSR count). The van der Waals surface area contributed by atoms with E-state index in [4.69, 9.17) is 0 Å². The number of carbonyl (C=O) groups excluding carboxylic acids is 1. The van der Waals surface area contributed by atoms with Crippen LogP contribution < -0.4 is 5.32 Å². The molecule has 0 saturated heterocycles. The first-order valence-corrected chi connectivity index (χ1v) is 10.3. The average molecular weight is 375 g/mol. The molecule has 0 aliphatic rings. The second-order valence-corrected chi connectivity index (χ2v) is 9.09. The average Bonchev–Trinajstić information content (AvgIpc) is 2.54. The van der Waals surface area contributed by atoms with E-state index in [1.807, 2.05) is 74.5 Å². The lowest BCUT2D eigenvalue weighted by Gasteiger charge is -2.28. The van der Waals surface area contributed by atoms with Gasteiger partial charge in [-0.1, -0.05) is 60.7 Å². The van der Waals surface area contributed by atoms with Crippen LogP contribution in [0, 0.1) is 0 Å². The van der Waals surface area contributed by atoms with Crippen LogP contribution in [0.15, 0.2) is 60.7 Å². The highest BCUT2D eigenvalue weighted by atomic mass is 32.2. The molecule has 0 bridgehead atoms. The molecule has 5 nitrogen and oxygen atoms in total. The highest BCUT2D eigenvalue weighted by molar-refractivity contribution is 7.88. The van der Waals surface area contributed by atoms with Gasteiger partial charge in [0.15, 0.2) is 0 Å². The van der Waals surface area contributed by atoms with E-state index < -0.39 is 15.6 Å². The van der Waals surface area contributed by atoms with Gasteiger partial charge >= 0.3 is 0 Å². The van der Waals surface area contributed by atoms with E-state index in [9.17, 15) is 13.2 Å². The Balaban J connectivity index is 2.02. The molecule has 0 heterocycles. The number of amides is 1. The van der Waals surface area contributed by atoms with E-state index in [1.165, 1.54) is 4.31 Å². The van der Waals surface area contributed by atoms with Crippen molar-refractivity contribution < 1.29 is 13.2 Å². The molecule has 0 spiro atoms. The third-order valence-corrected chi connectivity index (χ3v) is 5.15. The van der Waals surface area contributed by atoms with Gasteiger partial charge in [-0.2, -0.15) is 4.31 Å². The summed E-state index contributed by atoms with van der Waals surface area (Å²) in [5.74, 6) is -0.313. The standard InChI is InChI=1S/C20H26N2O3S/c1-20(2,14-17-10-6-4-7-11-17)21-19(23)16-22(26(3,24)25)15-18-12-8-5-9-13-18/h4-13H,14-16H2,1-3H3,(H,21,23). The molecule has 0 aliphatic heterocycles. The van der Waals surface area contributed by atoms with E-state index in [-0.39, 0.29) is 19.0 Å². The van der Waals surface area contributed by atoms with Gasteiger partial charge in [-0.25, -0.2) is 8.42 Å². The van der Waals surface area contributed by atoms with Crippen molar-refractivity contribution in [2.45, 2.75) is 32.4 Å². The maximum absolute atomic E-state index is 12.5. The zero-order chi connectivity index (χ0) is 19.2. The monoisotopic (exact) mass is 374 g/mol. The van der Waals surface area contributed by atoms with Gasteiger partial charge in [0, 0.05) is 12.1 Å². The quantitative estimate of drug-likeness (QED) is 0.772. The molecular weight excluding hydrogens is 348 g/mol. The minimum atomic E-state index is -3.50. The van der Waals surface area contributed by atoms with Gasteiger partial charge in [-0.3, -0.25) is 4.79 Å². The Labute approximate surface area is 156 Å². The molecule has 6 heteroatoms. The highest BCUT2D eigenvalue weighted by Gasteiger charge is 2.25. The van der Waals surface area contributed by atoms with Gasteiger partial charge in [-0.05, 0) is 31.4 Å². The summed E-state index contributed by atoms with van der Waals surface area (Å²) in [7, 11) is -3.50. The molecule has 140 valence electrons. The van der Waals surface area contributed by atoms with Crippen LogP contribution in [0.5, 0.6) is 0 Å². The molecule has 0 radical (unpaired) electrons. The number of hydrogen-bond acceptors (Lipinski definition) is 3. The Morgan fingerprint density at radius 3 is 1.96 bits per heavy atom. The first-order valence-electron chi connectivity index (χ1n) is 8.50. The summed E-state index contributed by atoms with van der Waals surface area (Å²) in [4.78, 5) is 12.5. The molecule has 0 aliphatic carbocycles. The highest BCUT2D eigenvalue weighted by Crippen LogP contribution is 2.13. The summed E-state index contributed by atoms with van der Waals surface area (Å²) in [6, 6.07) is 19.1.